The molecule has 0 aliphatic carbocycles. The summed E-state index contributed by atoms with van der Waals surface area (Å²) in [5.74, 6) is 0.214. The highest BCUT2D eigenvalue weighted by atomic mass is 32.1. The Morgan fingerprint density at radius 2 is 2.15 bits per heavy atom. The summed E-state index contributed by atoms with van der Waals surface area (Å²) in [6.07, 6.45) is 2.96. The number of benzene rings is 1. The van der Waals surface area contributed by atoms with Crippen LogP contribution in [-0.4, -0.2) is 26.9 Å². The summed E-state index contributed by atoms with van der Waals surface area (Å²) in [4.78, 5) is 33.8. The van der Waals surface area contributed by atoms with Crippen LogP contribution in [0.3, 0.4) is 0 Å². The number of fused-ring (bicyclic) bond motifs is 2. The maximum Gasteiger partial charge on any atom is 0.270 e. The molecule has 1 N–H and O–H groups in total. The Kier molecular flexibility index (Phi) is 4.33. The number of carbonyl (C=O) groups is 1. The average molecular weight is 380 g/mol. The first-order valence-electron chi connectivity index (χ1n) is 8.38. The molecule has 3 aromatic heterocycles. The van der Waals surface area contributed by atoms with Gasteiger partial charge in [0, 0.05) is 12.4 Å². The molecular formula is C19H16N4O3S. The molecule has 0 unspecified atom stereocenters. The van der Waals surface area contributed by atoms with Gasteiger partial charge in [-0.2, -0.15) is 0 Å². The minimum absolute atomic E-state index is 0.0349. The van der Waals surface area contributed by atoms with Gasteiger partial charge in [0.15, 0.2) is 5.13 Å². The van der Waals surface area contributed by atoms with Crippen LogP contribution < -0.4 is 15.6 Å². The monoisotopic (exact) mass is 380 g/mol. The number of carbonyl (C=O) groups excluding carboxylic acids is 1. The molecule has 0 saturated heterocycles. The lowest BCUT2D eigenvalue weighted by Gasteiger charge is -2.04. The Hall–Kier alpha value is -3.26. The number of rotatable bonds is 4. The zero-order chi connectivity index (χ0) is 19.0. The van der Waals surface area contributed by atoms with Gasteiger partial charge in [0.2, 0.25) is 0 Å². The highest BCUT2D eigenvalue weighted by Crippen LogP contribution is 2.29. The molecule has 4 aromatic rings. The number of hydrogen-bond acceptors (Lipinski definition) is 6. The van der Waals surface area contributed by atoms with E-state index < -0.39 is 11.5 Å². The molecule has 0 radical (unpaired) electrons. The van der Waals surface area contributed by atoms with Crippen molar-refractivity contribution in [2.24, 2.45) is 0 Å². The fraction of sp³-hybridized carbons (Fsp3) is 0.158. The van der Waals surface area contributed by atoms with Crippen molar-refractivity contribution in [1.82, 2.24) is 14.4 Å². The number of aromatic nitrogens is 3. The van der Waals surface area contributed by atoms with E-state index in [-0.39, 0.29) is 5.56 Å². The van der Waals surface area contributed by atoms with Gasteiger partial charge in [-0.05, 0) is 43.7 Å². The van der Waals surface area contributed by atoms with Gasteiger partial charge in [-0.15, -0.1) is 0 Å². The fourth-order valence-corrected chi connectivity index (χ4v) is 3.61. The topological polar surface area (TPSA) is 85.6 Å². The molecule has 0 bridgehead atoms. The van der Waals surface area contributed by atoms with E-state index in [0.29, 0.717) is 17.4 Å². The minimum atomic E-state index is -0.535. The molecule has 0 spiro atoms. The quantitative estimate of drug-likeness (QED) is 0.587. The van der Waals surface area contributed by atoms with Crippen LogP contribution in [0.5, 0.6) is 5.75 Å². The summed E-state index contributed by atoms with van der Waals surface area (Å²) >= 11 is 1.32. The second-order valence-corrected chi connectivity index (χ2v) is 6.98. The second kappa shape index (κ2) is 6.81. The van der Waals surface area contributed by atoms with Crippen molar-refractivity contribution in [1.29, 1.82) is 0 Å². The molecule has 0 aliphatic rings. The van der Waals surface area contributed by atoms with Gasteiger partial charge in [-0.1, -0.05) is 17.4 Å². The number of nitrogens with one attached hydrogen (secondary N) is 1. The molecule has 136 valence electrons. The first-order chi connectivity index (χ1) is 13.0. The van der Waals surface area contributed by atoms with Gasteiger partial charge in [0.25, 0.3) is 11.5 Å². The molecule has 0 atom stereocenters. The first-order valence-corrected chi connectivity index (χ1v) is 9.19. The van der Waals surface area contributed by atoms with E-state index in [1.807, 2.05) is 38.1 Å². The van der Waals surface area contributed by atoms with E-state index in [2.05, 4.69) is 15.3 Å². The van der Waals surface area contributed by atoms with E-state index in [9.17, 15) is 9.59 Å². The van der Waals surface area contributed by atoms with Crippen LogP contribution in [0.4, 0.5) is 5.13 Å². The number of pyridine rings is 1. The first kappa shape index (κ1) is 17.2. The zero-order valence-electron chi connectivity index (χ0n) is 14.7. The van der Waals surface area contributed by atoms with Crippen molar-refractivity contribution in [3.05, 3.63) is 64.2 Å². The molecule has 7 nitrogen and oxygen atoms in total. The standard InChI is InChI=1S/C19H16N4O3S/c1-3-26-12-5-6-14-15(8-12)27-19(21-14)22-17(24)13-9-20-16-7-4-11(2)10-23(16)18(13)25/h4-10H,3H2,1-2H3,(H,21,22,24). The zero-order valence-corrected chi connectivity index (χ0v) is 15.5. The third kappa shape index (κ3) is 3.26. The second-order valence-electron chi connectivity index (χ2n) is 5.95. The smallest absolute Gasteiger partial charge is 0.270 e. The summed E-state index contributed by atoms with van der Waals surface area (Å²) in [5, 5.41) is 3.11. The molecular weight excluding hydrogens is 364 g/mol. The number of ether oxygens (including phenoxy) is 1. The molecule has 1 aromatic carbocycles. The largest absolute Gasteiger partial charge is 0.494 e. The van der Waals surface area contributed by atoms with E-state index >= 15 is 0 Å². The van der Waals surface area contributed by atoms with Crippen molar-refractivity contribution in [3.8, 4) is 5.75 Å². The molecule has 0 fully saturated rings. The normalized spacial score (nSPS) is 11.0. The number of thiazole rings is 1. The van der Waals surface area contributed by atoms with Crippen LogP contribution in [0.25, 0.3) is 15.9 Å². The molecule has 4 rings (SSSR count). The lowest BCUT2D eigenvalue weighted by Crippen LogP contribution is -2.26. The SMILES string of the molecule is CCOc1ccc2nc(NC(=O)c3cnc4ccc(C)cn4c3=O)sc2c1. The third-order valence-electron chi connectivity index (χ3n) is 3.99. The van der Waals surface area contributed by atoms with Gasteiger partial charge in [-0.25, -0.2) is 9.97 Å². The molecule has 8 heteroatoms. The Balaban J connectivity index is 1.66. The van der Waals surface area contributed by atoms with Gasteiger partial charge in [-0.3, -0.25) is 19.3 Å². The van der Waals surface area contributed by atoms with Crippen LogP contribution >= 0.6 is 11.3 Å². The highest BCUT2D eigenvalue weighted by molar-refractivity contribution is 7.22. The van der Waals surface area contributed by atoms with E-state index in [4.69, 9.17) is 4.74 Å². The van der Waals surface area contributed by atoms with Crippen LogP contribution in [0.15, 0.2) is 47.5 Å². The Morgan fingerprint density at radius 1 is 1.30 bits per heavy atom. The van der Waals surface area contributed by atoms with Crippen LogP contribution in [-0.2, 0) is 0 Å². The van der Waals surface area contributed by atoms with Gasteiger partial charge in [0.1, 0.15) is 17.0 Å². The summed E-state index contributed by atoms with van der Waals surface area (Å²) in [6.45, 7) is 4.36. The number of anilines is 1. The van der Waals surface area contributed by atoms with Crippen LogP contribution in [0.2, 0.25) is 0 Å². The summed E-state index contributed by atoms with van der Waals surface area (Å²) in [5.41, 5.74) is 1.70. The number of amides is 1. The lowest BCUT2D eigenvalue weighted by molar-refractivity contribution is 0.102. The van der Waals surface area contributed by atoms with E-state index in [1.54, 1.807) is 12.3 Å². The van der Waals surface area contributed by atoms with Crippen molar-refractivity contribution in [3.63, 3.8) is 0 Å². The minimum Gasteiger partial charge on any atom is -0.494 e. The van der Waals surface area contributed by atoms with Crippen molar-refractivity contribution < 1.29 is 9.53 Å². The third-order valence-corrected chi connectivity index (χ3v) is 4.92. The predicted molar refractivity (Wildman–Crippen MR) is 105 cm³/mol. The maximum atomic E-state index is 12.6. The summed E-state index contributed by atoms with van der Waals surface area (Å²) < 4.78 is 7.74. The Morgan fingerprint density at radius 3 is 2.96 bits per heavy atom. The van der Waals surface area contributed by atoms with Gasteiger partial charge < -0.3 is 4.74 Å². The van der Waals surface area contributed by atoms with E-state index in [1.165, 1.54) is 21.9 Å². The summed E-state index contributed by atoms with van der Waals surface area (Å²) in [7, 11) is 0. The maximum absolute atomic E-state index is 12.6. The van der Waals surface area contributed by atoms with Crippen LogP contribution in [0, 0.1) is 6.92 Å². The van der Waals surface area contributed by atoms with E-state index in [0.717, 1.165) is 21.5 Å². The number of nitrogens with zero attached hydrogens (tertiary/aromatic N) is 3. The average Bonchev–Trinajstić information content (AvgIpc) is 3.04. The molecule has 0 saturated carbocycles. The number of hydrogen-bond donors (Lipinski definition) is 1. The van der Waals surface area contributed by atoms with Crippen LogP contribution in [0.1, 0.15) is 22.8 Å². The predicted octanol–water partition coefficient (Wildman–Crippen LogP) is 3.26. The van der Waals surface area contributed by atoms with Crippen molar-refractivity contribution >= 4 is 38.2 Å². The van der Waals surface area contributed by atoms with Gasteiger partial charge >= 0.3 is 0 Å². The van der Waals surface area contributed by atoms with Crippen molar-refractivity contribution in [2.75, 3.05) is 11.9 Å². The lowest BCUT2D eigenvalue weighted by atomic mass is 10.3. The summed E-state index contributed by atoms with van der Waals surface area (Å²) in [6, 6.07) is 9.14. The Labute approximate surface area is 158 Å². The highest BCUT2D eigenvalue weighted by Gasteiger charge is 2.16. The Bertz CT molecular complexity index is 1230. The molecule has 1 amide bonds. The molecule has 3 heterocycles. The number of aryl methyl sites for hydroxylation is 1. The fourth-order valence-electron chi connectivity index (χ4n) is 2.72. The molecule has 0 aliphatic heterocycles. The van der Waals surface area contributed by atoms with Crippen molar-refractivity contribution in [2.45, 2.75) is 13.8 Å². The molecule has 27 heavy (non-hydrogen) atoms. The van der Waals surface area contributed by atoms with Gasteiger partial charge in [0.05, 0.1) is 16.8 Å².